The molecule has 2 aromatic rings. The van der Waals surface area contributed by atoms with Gasteiger partial charge in [-0.25, -0.2) is 18.4 Å². The Kier molecular flexibility index (Phi) is 3.20. The van der Waals surface area contributed by atoms with Crippen LogP contribution in [0.1, 0.15) is 24.5 Å². The second-order valence-corrected chi connectivity index (χ2v) is 7.20. The van der Waals surface area contributed by atoms with Crippen LogP contribution in [-0.4, -0.2) is 18.4 Å². The molecule has 1 N–H and O–H groups in total. The van der Waals surface area contributed by atoms with Gasteiger partial charge in [0.15, 0.2) is 5.13 Å². The molecule has 3 rings (SSSR count). The average molecular weight is 316 g/mol. The van der Waals surface area contributed by atoms with Gasteiger partial charge in [0.05, 0.1) is 10.6 Å². The number of sulfonamides is 1. The molecule has 0 amide bonds. The van der Waals surface area contributed by atoms with E-state index in [2.05, 4.69) is 14.7 Å². The minimum Gasteiger partial charge on any atom is -0.255 e. The fraction of sp³-hybridized carbons (Fsp3) is 0.273. The maximum Gasteiger partial charge on any atom is 0.263 e. The first-order chi connectivity index (χ1) is 9.04. The van der Waals surface area contributed by atoms with E-state index in [1.165, 1.54) is 29.7 Å². The third-order valence-electron chi connectivity index (χ3n) is 2.75. The summed E-state index contributed by atoms with van der Waals surface area (Å²) in [6, 6.07) is 2.70. The summed E-state index contributed by atoms with van der Waals surface area (Å²) in [5.41, 5.74) is 0.968. The Balaban J connectivity index is 1.84. The van der Waals surface area contributed by atoms with Crippen LogP contribution in [-0.2, 0) is 10.0 Å². The summed E-state index contributed by atoms with van der Waals surface area (Å²) in [7, 11) is -3.65. The van der Waals surface area contributed by atoms with E-state index in [0.29, 0.717) is 11.0 Å². The van der Waals surface area contributed by atoms with Crippen LogP contribution < -0.4 is 4.72 Å². The highest BCUT2D eigenvalue weighted by atomic mass is 35.5. The van der Waals surface area contributed by atoms with Crippen LogP contribution in [0, 0.1) is 0 Å². The third kappa shape index (κ3) is 2.88. The van der Waals surface area contributed by atoms with Crippen LogP contribution in [0.15, 0.2) is 28.6 Å². The molecule has 19 heavy (non-hydrogen) atoms. The van der Waals surface area contributed by atoms with Gasteiger partial charge in [-0.3, -0.25) is 4.72 Å². The first-order valence-electron chi connectivity index (χ1n) is 5.64. The molecule has 0 aliphatic heterocycles. The molecule has 0 saturated heterocycles. The summed E-state index contributed by atoms with van der Waals surface area (Å²) in [6.07, 6.45) is 3.63. The molecule has 0 radical (unpaired) electrons. The van der Waals surface area contributed by atoms with E-state index in [4.69, 9.17) is 11.6 Å². The molecule has 0 aromatic carbocycles. The van der Waals surface area contributed by atoms with Crippen LogP contribution in [0.2, 0.25) is 5.15 Å². The predicted molar refractivity (Wildman–Crippen MR) is 74.1 cm³/mol. The number of rotatable bonds is 4. The van der Waals surface area contributed by atoms with Gasteiger partial charge >= 0.3 is 0 Å². The molecular formula is C11H10ClN3O2S2. The van der Waals surface area contributed by atoms with Crippen LogP contribution in [0.25, 0.3) is 0 Å². The number of thiazole rings is 1. The number of nitrogens with one attached hydrogen (secondary N) is 1. The molecule has 1 aliphatic rings. The highest BCUT2D eigenvalue weighted by Crippen LogP contribution is 2.41. The Bertz CT molecular complexity index is 710. The zero-order valence-electron chi connectivity index (χ0n) is 9.71. The summed E-state index contributed by atoms with van der Waals surface area (Å²) in [5.74, 6) is 0.505. The molecule has 5 nitrogen and oxygen atoms in total. The van der Waals surface area contributed by atoms with Gasteiger partial charge < -0.3 is 0 Å². The highest BCUT2D eigenvalue weighted by molar-refractivity contribution is 7.93. The molecule has 1 fully saturated rings. The van der Waals surface area contributed by atoms with Crippen molar-refractivity contribution in [1.29, 1.82) is 0 Å². The molecule has 2 heterocycles. The molecule has 8 heteroatoms. The Hall–Kier alpha value is -1.18. The Morgan fingerprint density at radius 2 is 2.21 bits per heavy atom. The van der Waals surface area contributed by atoms with E-state index >= 15 is 0 Å². The van der Waals surface area contributed by atoms with E-state index in [-0.39, 0.29) is 10.0 Å². The first-order valence-corrected chi connectivity index (χ1v) is 8.38. The Labute approximate surface area is 119 Å². The normalized spacial score (nSPS) is 15.4. The van der Waals surface area contributed by atoms with E-state index in [0.717, 1.165) is 18.5 Å². The number of anilines is 1. The van der Waals surface area contributed by atoms with Gasteiger partial charge in [-0.05, 0) is 25.0 Å². The van der Waals surface area contributed by atoms with Crippen molar-refractivity contribution in [3.05, 3.63) is 34.6 Å². The van der Waals surface area contributed by atoms with Crippen LogP contribution in [0.5, 0.6) is 0 Å². The lowest BCUT2D eigenvalue weighted by Crippen LogP contribution is -2.12. The lowest BCUT2D eigenvalue weighted by Gasteiger charge is -2.04. The zero-order valence-corrected chi connectivity index (χ0v) is 12.1. The van der Waals surface area contributed by atoms with Gasteiger partial charge in [0.1, 0.15) is 5.15 Å². The van der Waals surface area contributed by atoms with Gasteiger partial charge in [0.25, 0.3) is 10.0 Å². The van der Waals surface area contributed by atoms with E-state index < -0.39 is 10.0 Å². The largest absolute Gasteiger partial charge is 0.263 e. The van der Waals surface area contributed by atoms with E-state index in [1.807, 2.05) is 5.38 Å². The molecule has 0 unspecified atom stereocenters. The molecule has 1 saturated carbocycles. The van der Waals surface area contributed by atoms with Gasteiger partial charge in [-0.1, -0.05) is 11.6 Å². The molecule has 0 spiro atoms. The second-order valence-electron chi connectivity index (χ2n) is 4.27. The lowest BCUT2D eigenvalue weighted by molar-refractivity contribution is 0.601. The van der Waals surface area contributed by atoms with Crippen molar-refractivity contribution in [3.8, 4) is 0 Å². The predicted octanol–water partition coefficient (Wildman–Crippen LogP) is 2.87. The van der Waals surface area contributed by atoms with Gasteiger partial charge in [0, 0.05) is 17.5 Å². The molecule has 2 aromatic heterocycles. The maximum atomic E-state index is 12.1. The summed E-state index contributed by atoms with van der Waals surface area (Å²) in [4.78, 5) is 8.12. The smallest absolute Gasteiger partial charge is 0.255 e. The standard InChI is InChI=1S/C11H10ClN3O2S2/c12-10-5-8(3-4-13-10)19(16,17)15-11-14-9(6-18-11)7-1-2-7/h3-7H,1-2H2,(H,14,15). The summed E-state index contributed by atoms with van der Waals surface area (Å²) in [6.45, 7) is 0. The SMILES string of the molecule is O=S(=O)(Nc1nc(C2CC2)cs1)c1ccnc(Cl)c1. The molecule has 1 aliphatic carbocycles. The zero-order chi connectivity index (χ0) is 13.5. The number of nitrogens with zero attached hydrogens (tertiary/aromatic N) is 2. The molecule has 100 valence electrons. The maximum absolute atomic E-state index is 12.1. The van der Waals surface area contributed by atoms with E-state index in [1.54, 1.807) is 0 Å². The van der Waals surface area contributed by atoms with Crippen molar-refractivity contribution in [2.75, 3.05) is 4.72 Å². The lowest BCUT2D eigenvalue weighted by atomic mass is 10.3. The monoisotopic (exact) mass is 315 g/mol. The van der Waals surface area contributed by atoms with Gasteiger partial charge in [-0.15, -0.1) is 11.3 Å². The molecule has 0 bridgehead atoms. The molecule has 0 atom stereocenters. The highest BCUT2D eigenvalue weighted by Gasteiger charge is 2.26. The fourth-order valence-corrected chi connectivity index (χ4v) is 3.92. The van der Waals surface area contributed by atoms with Gasteiger partial charge in [-0.2, -0.15) is 0 Å². The topological polar surface area (TPSA) is 72.0 Å². The number of aromatic nitrogens is 2. The average Bonchev–Trinajstić information content (AvgIpc) is 3.11. The fourth-order valence-electron chi connectivity index (χ4n) is 1.63. The Morgan fingerprint density at radius 3 is 2.89 bits per heavy atom. The van der Waals surface area contributed by atoms with Crippen molar-refractivity contribution in [1.82, 2.24) is 9.97 Å². The number of halogens is 1. The van der Waals surface area contributed by atoms with Gasteiger partial charge in [0.2, 0.25) is 0 Å². The van der Waals surface area contributed by atoms with Crippen molar-refractivity contribution in [3.63, 3.8) is 0 Å². The van der Waals surface area contributed by atoms with Crippen molar-refractivity contribution < 1.29 is 8.42 Å². The number of hydrogen-bond donors (Lipinski definition) is 1. The molecular weight excluding hydrogens is 306 g/mol. The quantitative estimate of drug-likeness (QED) is 0.881. The van der Waals surface area contributed by atoms with Crippen LogP contribution in [0.3, 0.4) is 0 Å². The van der Waals surface area contributed by atoms with Crippen LogP contribution >= 0.6 is 22.9 Å². The van der Waals surface area contributed by atoms with E-state index in [9.17, 15) is 8.42 Å². The van der Waals surface area contributed by atoms with Crippen molar-refractivity contribution in [2.24, 2.45) is 0 Å². The second kappa shape index (κ2) is 4.73. The summed E-state index contributed by atoms with van der Waals surface area (Å²) >= 11 is 6.99. The number of pyridine rings is 1. The summed E-state index contributed by atoms with van der Waals surface area (Å²) in [5, 5.41) is 2.42. The Morgan fingerprint density at radius 1 is 1.42 bits per heavy atom. The first kappa shape index (κ1) is 12.8. The van der Waals surface area contributed by atoms with Crippen molar-refractivity contribution in [2.45, 2.75) is 23.7 Å². The minimum atomic E-state index is -3.65. The summed E-state index contributed by atoms with van der Waals surface area (Å²) < 4.78 is 26.7. The number of hydrogen-bond acceptors (Lipinski definition) is 5. The minimum absolute atomic E-state index is 0.0793. The van der Waals surface area contributed by atoms with Crippen molar-refractivity contribution >= 4 is 38.1 Å². The van der Waals surface area contributed by atoms with Crippen LogP contribution in [0.4, 0.5) is 5.13 Å². The third-order valence-corrected chi connectivity index (χ3v) is 5.20.